The van der Waals surface area contributed by atoms with Gasteiger partial charge in [-0.25, -0.2) is 0 Å². The van der Waals surface area contributed by atoms with E-state index in [1.807, 2.05) is 12.1 Å². The Labute approximate surface area is 254 Å². The maximum atomic E-state index is 9.67. The minimum absolute atomic E-state index is 0. The molecule has 0 saturated carbocycles. The maximum Gasteiger partial charge on any atom is 0.142 e. The number of benzene rings is 5. The van der Waals surface area contributed by atoms with E-state index in [1.165, 1.54) is 18.2 Å². The molecule has 18 N–H and O–H groups in total. The largest absolute Gasteiger partial charge is 0.508 e. The Morgan fingerprint density at radius 2 is 0.727 bits per heavy atom. The van der Waals surface area contributed by atoms with Gasteiger partial charge in [0.1, 0.15) is 34.5 Å². The molecule has 12 heteroatoms. The second-order valence-electron chi connectivity index (χ2n) is 9.45. The Kier molecular flexibility index (Phi) is 11.2. The van der Waals surface area contributed by atoms with Gasteiger partial charge in [0.05, 0.1) is 28.4 Å². The van der Waals surface area contributed by atoms with Gasteiger partial charge in [0.15, 0.2) is 0 Å². The summed E-state index contributed by atoms with van der Waals surface area (Å²) in [5.41, 5.74) is 37.2. The first-order valence-corrected chi connectivity index (χ1v) is 12.6. The van der Waals surface area contributed by atoms with Crippen LogP contribution in [0.5, 0.6) is 34.5 Å². The van der Waals surface area contributed by atoms with Crippen LogP contribution < -0.4 is 34.4 Å². The van der Waals surface area contributed by atoms with Crippen LogP contribution in [0.25, 0.3) is 0 Å². The van der Waals surface area contributed by atoms with E-state index < -0.39 is 0 Å². The van der Waals surface area contributed by atoms with Crippen LogP contribution in [0.4, 0.5) is 34.1 Å². The first kappa shape index (κ1) is 33.9. The number of aromatic hydroxyl groups is 6. The molecular weight excluding hydrogens is 564 g/mol. The van der Waals surface area contributed by atoms with E-state index in [-0.39, 0.29) is 70.6 Å². The van der Waals surface area contributed by atoms with Crippen LogP contribution >= 0.6 is 0 Å². The SMILES string of the molecule is C.Nc1cc(C(c2ccc(O)cc2)c2ccc(O)c(N)c2)ccc1O.Nc1cc(N)c(O)cc1O.Nc1ccc(O)c(N)c1. The van der Waals surface area contributed by atoms with Crippen molar-refractivity contribution in [3.63, 3.8) is 0 Å². The summed E-state index contributed by atoms with van der Waals surface area (Å²) in [7, 11) is 0. The molecule has 0 aromatic heterocycles. The van der Waals surface area contributed by atoms with Gasteiger partial charge in [-0.05, 0) is 77.4 Å². The summed E-state index contributed by atoms with van der Waals surface area (Å²) >= 11 is 0. The van der Waals surface area contributed by atoms with E-state index in [9.17, 15) is 15.3 Å². The van der Waals surface area contributed by atoms with E-state index in [1.54, 1.807) is 54.6 Å². The van der Waals surface area contributed by atoms with Crippen molar-refractivity contribution in [3.05, 3.63) is 108 Å². The summed E-state index contributed by atoms with van der Waals surface area (Å²) < 4.78 is 0. The third-order valence-corrected chi connectivity index (χ3v) is 6.22. The zero-order chi connectivity index (χ0) is 31.8. The molecule has 0 aliphatic rings. The van der Waals surface area contributed by atoms with Crippen molar-refractivity contribution >= 4 is 34.1 Å². The van der Waals surface area contributed by atoms with Gasteiger partial charge in [-0.3, -0.25) is 0 Å². The quantitative estimate of drug-likeness (QED) is 0.0584. The van der Waals surface area contributed by atoms with Gasteiger partial charge in [-0.15, -0.1) is 0 Å². The molecule has 0 saturated heterocycles. The molecule has 0 spiro atoms. The van der Waals surface area contributed by atoms with E-state index in [4.69, 9.17) is 49.7 Å². The van der Waals surface area contributed by atoms with Gasteiger partial charge in [-0.2, -0.15) is 0 Å². The molecule has 44 heavy (non-hydrogen) atoms. The van der Waals surface area contributed by atoms with Crippen molar-refractivity contribution in [1.29, 1.82) is 0 Å². The molecule has 0 aliphatic heterocycles. The molecule has 5 rings (SSSR count). The average Bonchev–Trinajstić information content (AvgIpc) is 2.95. The third kappa shape index (κ3) is 8.60. The fourth-order valence-corrected chi connectivity index (χ4v) is 3.93. The summed E-state index contributed by atoms with van der Waals surface area (Å²) in [6, 6.07) is 23.9. The second kappa shape index (κ2) is 14.5. The Morgan fingerprint density at radius 3 is 1.09 bits per heavy atom. The third-order valence-electron chi connectivity index (χ3n) is 6.22. The molecule has 0 fully saturated rings. The predicted octanol–water partition coefficient (Wildman–Crippen LogP) is 4.60. The summed E-state index contributed by atoms with van der Waals surface area (Å²) in [6.07, 6.45) is 0. The Balaban J connectivity index is 0.000000278. The number of rotatable bonds is 3. The van der Waals surface area contributed by atoms with Crippen molar-refractivity contribution in [2.75, 3.05) is 34.4 Å². The zero-order valence-corrected chi connectivity index (χ0v) is 22.9. The highest BCUT2D eigenvalue weighted by Crippen LogP contribution is 2.37. The van der Waals surface area contributed by atoms with Gasteiger partial charge in [-0.1, -0.05) is 31.7 Å². The Hall–Kier alpha value is -6.30. The number of nitrogen functional groups attached to an aromatic ring is 6. The molecule has 0 radical (unpaired) electrons. The van der Waals surface area contributed by atoms with Crippen LogP contribution in [0.1, 0.15) is 30.0 Å². The normalized spacial score (nSPS) is 10.0. The summed E-state index contributed by atoms with van der Waals surface area (Å²) in [4.78, 5) is 0. The number of phenolic OH excluding ortho intramolecular Hbond substituents is 6. The van der Waals surface area contributed by atoms with E-state index in [0.29, 0.717) is 11.4 Å². The lowest BCUT2D eigenvalue weighted by atomic mass is 9.84. The minimum atomic E-state index is -0.212. The molecule has 5 aromatic carbocycles. The van der Waals surface area contributed by atoms with Gasteiger partial charge in [0.2, 0.25) is 0 Å². The second-order valence-corrected chi connectivity index (χ2v) is 9.45. The smallest absolute Gasteiger partial charge is 0.142 e. The van der Waals surface area contributed by atoms with E-state index in [2.05, 4.69) is 0 Å². The number of hydrogen-bond donors (Lipinski definition) is 12. The fourth-order valence-electron chi connectivity index (χ4n) is 3.93. The van der Waals surface area contributed by atoms with Crippen LogP contribution in [0, 0.1) is 0 Å². The van der Waals surface area contributed by atoms with Gasteiger partial charge in [0, 0.05) is 17.7 Å². The molecule has 0 aliphatic carbocycles. The summed E-state index contributed by atoms with van der Waals surface area (Å²) in [5.74, 6) is -0.242. The van der Waals surface area contributed by atoms with Crippen molar-refractivity contribution in [1.82, 2.24) is 0 Å². The monoisotopic (exact) mass is 602 g/mol. The molecule has 0 atom stereocenters. The van der Waals surface area contributed by atoms with Gasteiger partial charge >= 0.3 is 0 Å². The minimum Gasteiger partial charge on any atom is -0.508 e. The molecule has 0 amide bonds. The lowest BCUT2D eigenvalue weighted by Crippen LogP contribution is -2.05. The lowest BCUT2D eigenvalue weighted by molar-refractivity contribution is 0.454. The first-order chi connectivity index (χ1) is 20.3. The highest BCUT2D eigenvalue weighted by atomic mass is 16.3. The number of anilines is 6. The Bertz CT molecular complexity index is 1610. The fraction of sp³-hybridized carbons (Fsp3) is 0.0625. The van der Waals surface area contributed by atoms with Gasteiger partial charge < -0.3 is 65.0 Å². The molecule has 232 valence electrons. The number of phenols is 6. The molecule has 0 unspecified atom stereocenters. The maximum absolute atomic E-state index is 9.67. The number of nitrogens with two attached hydrogens (primary N) is 6. The standard InChI is InChI=1S/C19H18N2O3.C6H8N2O2.C6H8N2O.CH4/c20-15-9-12(3-7-17(15)23)19(11-1-5-14(22)6-2-11)13-4-8-18(24)16(21)10-13;7-3-1-4(8)6(10)2-5(3)9;7-4-1-2-6(9)5(8)3-4;/h1-10,19,22-24H,20-21H2;1-2,9-10H,7-8H2;1-3,9H,7-8H2;1H4. The van der Waals surface area contributed by atoms with Crippen LogP contribution in [0.15, 0.2) is 91.0 Å². The highest BCUT2D eigenvalue weighted by Gasteiger charge is 2.19. The highest BCUT2D eigenvalue weighted by molar-refractivity contribution is 5.66. The topological polar surface area (TPSA) is 278 Å². The lowest BCUT2D eigenvalue weighted by Gasteiger charge is -2.20. The molecule has 5 aromatic rings. The van der Waals surface area contributed by atoms with Crippen molar-refractivity contribution in [3.8, 4) is 34.5 Å². The first-order valence-electron chi connectivity index (χ1n) is 12.6. The molecule has 0 bridgehead atoms. The molecule has 0 heterocycles. The van der Waals surface area contributed by atoms with Crippen LogP contribution in [0.3, 0.4) is 0 Å². The Morgan fingerprint density at radius 1 is 0.364 bits per heavy atom. The van der Waals surface area contributed by atoms with Crippen molar-refractivity contribution in [2.45, 2.75) is 13.3 Å². The molecular formula is C32H38N6O6. The van der Waals surface area contributed by atoms with Gasteiger partial charge in [0.25, 0.3) is 0 Å². The van der Waals surface area contributed by atoms with Crippen LogP contribution in [-0.4, -0.2) is 30.6 Å². The van der Waals surface area contributed by atoms with E-state index >= 15 is 0 Å². The van der Waals surface area contributed by atoms with Crippen LogP contribution in [-0.2, 0) is 0 Å². The zero-order valence-electron chi connectivity index (χ0n) is 22.9. The van der Waals surface area contributed by atoms with Crippen LogP contribution in [0.2, 0.25) is 0 Å². The van der Waals surface area contributed by atoms with Crippen molar-refractivity contribution < 1.29 is 30.6 Å². The summed E-state index contributed by atoms with van der Waals surface area (Å²) in [6.45, 7) is 0. The summed E-state index contributed by atoms with van der Waals surface area (Å²) in [5, 5.41) is 55.5. The number of hydrogen-bond acceptors (Lipinski definition) is 12. The molecule has 12 nitrogen and oxygen atoms in total. The predicted molar refractivity (Wildman–Crippen MR) is 176 cm³/mol. The van der Waals surface area contributed by atoms with E-state index in [0.717, 1.165) is 22.8 Å². The van der Waals surface area contributed by atoms with Crippen molar-refractivity contribution in [2.24, 2.45) is 0 Å². The average molecular weight is 603 g/mol.